The molecule has 2 atom stereocenters. The largest absolute Gasteiger partial charge is 0.449 e. The Morgan fingerprint density at radius 2 is 1.50 bits per heavy atom. The van der Waals surface area contributed by atoms with Crippen LogP contribution < -0.4 is 0 Å². The number of rotatable bonds is 10. The summed E-state index contributed by atoms with van der Waals surface area (Å²) in [6, 6.07) is 0.325. The van der Waals surface area contributed by atoms with Gasteiger partial charge < -0.3 is 4.74 Å². The minimum absolute atomic E-state index is 0.110. The van der Waals surface area contributed by atoms with E-state index in [9.17, 15) is 31.1 Å². The molecule has 0 aromatic heterocycles. The minimum atomic E-state index is -4.94. The van der Waals surface area contributed by atoms with Crippen molar-refractivity contribution in [2.45, 2.75) is 96.1 Å². The average Bonchev–Trinajstić information content (AvgIpc) is 2.71. The molecule has 1 amide bonds. The van der Waals surface area contributed by atoms with Gasteiger partial charge in [0.2, 0.25) is 0 Å². The summed E-state index contributed by atoms with van der Waals surface area (Å²) >= 11 is 0. The van der Waals surface area contributed by atoms with Gasteiger partial charge in [0.1, 0.15) is 0 Å². The third kappa shape index (κ3) is 7.04. The zero-order chi connectivity index (χ0) is 23.9. The van der Waals surface area contributed by atoms with Crippen LogP contribution in [0.3, 0.4) is 0 Å². The molecule has 9 heteroatoms. The first-order chi connectivity index (χ1) is 15.0. The van der Waals surface area contributed by atoms with Gasteiger partial charge in [0.15, 0.2) is 0 Å². The molecule has 1 aliphatic heterocycles. The van der Waals surface area contributed by atoms with E-state index in [1.807, 2.05) is 0 Å². The SMILES string of the molecule is CCCCCCCCC1CCOC(=O)N1C(CC)c1cc(C(F)(F)F)cc(C(F)(F)F)c1. The number of ether oxygens (including phenoxy) is 1. The van der Waals surface area contributed by atoms with Crippen LogP contribution in [0.15, 0.2) is 18.2 Å². The highest BCUT2D eigenvalue weighted by Gasteiger charge is 2.40. The molecule has 1 aromatic rings. The first kappa shape index (κ1) is 26.3. The standard InChI is InChI=1S/C23H31F6NO2/c1-3-5-6-7-8-9-10-19-11-12-32-21(31)30(19)20(4-2)16-13-17(22(24,25)26)15-18(14-16)23(27,28)29/h13-15,19-20H,3-12H2,1-2H3. The number of carbonyl (C=O) groups is 1. The smallest absolute Gasteiger partial charge is 0.416 e. The van der Waals surface area contributed by atoms with Gasteiger partial charge in [-0.1, -0.05) is 52.4 Å². The van der Waals surface area contributed by atoms with Crippen LogP contribution in [0.25, 0.3) is 0 Å². The van der Waals surface area contributed by atoms with Crippen molar-refractivity contribution in [3.63, 3.8) is 0 Å². The summed E-state index contributed by atoms with van der Waals surface area (Å²) in [5, 5.41) is 0. The van der Waals surface area contributed by atoms with Gasteiger partial charge in [-0.2, -0.15) is 26.3 Å². The van der Waals surface area contributed by atoms with E-state index in [1.54, 1.807) is 6.92 Å². The maximum absolute atomic E-state index is 13.3. The molecule has 3 nitrogen and oxygen atoms in total. The fourth-order valence-corrected chi connectivity index (χ4v) is 4.23. The lowest BCUT2D eigenvalue weighted by Gasteiger charge is -2.40. The second kappa shape index (κ2) is 11.3. The number of nitrogens with zero attached hydrogens (tertiary/aromatic N) is 1. The second-order valence-electron chi connectivity index (χ2n) is 8.28. The van der Waals surface area contributed by atoms with Crippen LogP contribution in [0.2, 0.25) is 0 Å². The van der Waals surface area contributed by atoms with Crippen molar-refractivity contribution in [1.29, 1.82) is 0 Å². The zero-order valence-electron chi connectivity index (χ0n) is 18.5. The van der Waals surface area contributed by atoms with Crippen LogP contribution >= 0.6 is 0 Å². The average molecular weight is 467 g/mol. The summed E-state index contributed by atoms with van der Waals surface area (Å²) in [5.41, 5.74) is -2.93. The van der Waals surface area contributed by atoms with E-state index in [0.717, 1.165) is 38.5 Å². The lowest BCUT2D eigenvalue weighted by molar-refractivity contribution is -0.143. The monoisotopic (exact) mass is 467 g/mol. The van der Waals surface area contributed by atoms with Crippen molar-refractivity contribution in [3.05, 3.63) is 34.9 Å². The van der Waals surface area contributed by atoms with E-state index < -0.39 is 35.6 Å². The topological polar surface area (TPSA) is 29.5 Å². The first-order valence-electron chi connectivity index (χ1n) is 11.2. The number of cyclic esters (lactones) is 1. The fourth-order valence-electron chi connectivity index (χ4n) is 4.23. The van der Waals surface area contributed by atoms with Crippen LogP contribution in [-0.2, 0) is 17.1 Å². The Bertz CT molecular complexity index is 715. The van der Waals surface area contributed by atoms with Crippen LogP contribution in [0.1, 0.15) is 94.4 Å². The lowest BCUT2D eigenvalue weighted by atomic mass is 9.93. The molecule has 0 spiro atoms. The predicted molar refractivity (Wildman–Crippen MR) is 109 cm³/mol. The van der Waals surface area contributed by atoms with Gasteiger partial charge in [-0.05, 0) is 36.6 Å². The fraction of sp³-hybridized carbons (Fsp3) is 0.696. The van der Waals surface area contributed by atoms with E-state index in [4.69, 9.17) is 4.74 Å². The molecule has 32 heavy (non-hydrogen) atoms. The van der Waals surface area contributed by atoms with Crippen molar-refractivity contribution < 1.29 is 35.9 Å². The maximum Gasteiger partial charge on any atom is 0.416 e. The number of benzene rings is 1. The van der Waals surface area contributed by atoms with E-state index >= 15 is 0 Å². The number of unbranched alkanes of at least 4 members (excludes halogenated alkanes) is 5. The van der Waals surface area contributed by atoms with E-state index in [0.29, 0.717) is 25.0 Å². The number of amides is 1. The van der Waals surface area contributed by atoms with Gasteiger partial charge in [-0.25, -0.2) is 4.79 Å². The molecule has 2 rings (SSSR count). The molecule has 2 unspecified atom stereocenters. The summed E-state index contributed by atoms with van der Waals surface area (Å²) < 4.78 is 85.0. The first-order valence-corrected chi connectivity index (χ1v) is 11.2. The molecule has 1 heterocycles. The minimum Gasteiger partial charge on any atom is -0.449 e. The molecule has 1 saturated heterocycles. The third-order valence-electron chi connectivity index (χ3n) is 5.89. The van der Waals surface area contributed by atoms with Gasteiger partial charge in [0.05, 0.1) is 23.8 Å². The molecule has 0 radical (unpaired) electrons. The Labute approximate surface area is 185 Å². The summed E-state index contributed by atoms with van der Waals surface area (Å²) in [5.74, 6) is 0. The van der Waals surface area contributed by atoms with Gasteiger partial charge in [-0.3, -0.25) is 4.90 Å². The number of halogens is 6. The number of carbonyl (C=O) groups excluding carboxylic acids is 1. The normalized spacial score (nSPS) is 18.6. The van der Waals surface area contributed by atoms with Crippen molar-refractivity contribution in [2.24, 2.45) is 0 Å². The Kier molecular flexibility index (Phi) is 9.28. The molecular weight excluding hydrogens is 436 g/mol. The maximum atomic E-state index is 13.3. The van der Waals surface area contributed by atoms with Crippen molar-refractivity contribution in [3.8, 4) is 0 Å². The van der Waals surface area contributed by atoms with Crippen LogP contribution in [0, 0.1) is 0 Å². The predicted octanol–water partition coefficient (Wildman–Crippen LogP) is 8.14. The van der Waals surface area contributed by atoms with Crippen LogP contribution in [-0.4, -0.2) is 23.6 Å². The second-order valence-corrected chi connectivity index (χ2v) is 8.28. The highest BCUT2D eigenvalue weighted by Crippen LogP contribution is 2.40. The Balaban J connectivity index is 2.31. The highest BCUT2D eigenvalue weighted by atomic mass is 19.4. The number of hydrogen-bond acceptors (Lipinski definition) is 2. The third-order valence-corrected chi connectivity index (χ3v) is 5.89. The summed E-state index contributed by atoms with van der Waals surface area (Å²) in [7, 11) is 0. The Morgan fingerprint density at radius 3 is 2.03 bits per heavy atom. The molecule has 1 aliphatic rings. The van der Waals surface area contributed by atoms with Crippen molar-refractivity contribution in [2.75, 3.05) is 6.61 Å². The molecule has 1 fully saturated rings. The number of alkyl halides is 6. The van der Waals surface area contributed by atoms with Gasteiger partial charge in [-0.15, -0.1) is 0 Å². The quantitative estimate of drug-likeness (QED) is 0.257. The van der Waals surface area contributed by atoms with Gasteiger partial charge in [0.25, 0.3) is 0 Å². The lowest BCUT2D eigenvalue weighted by Crippen LogP contribution is -2.47. The molecule has 1 aromatic carbocycles. The van der Waals surface area contributed by atoms with Crippen LogP contribution in [0.4, 0.5) is 31.1 Å². The summed E-state index contributed by atoms with van der Waals surface area (Å²) in [4.78, 5) is 13.9. The van der Waals surface area contributed by atoms with E-state index in [2.05, 4.69) is 6.92 Å². The zero-order valence-corrected chi connectivity index (χ0v) is 18.5. The van der Waals surface area contributed by atoms with Crippen LogP contribution in [0.5, 0.6) is 0 Å². The van der Waals surface area contributed by atoms with Gasteiger partial charge >= 0.3 is 18.4 Å². The Morgan fingerprint density at radius 1 is 0.938 bits per heavy atom. The Hall–Kier alpha value is -1.93. The summed E-state index contributed by atoms with van der Waals surface area (Å²) in [6.07, 6.45) is -2.99. The van der Waals surface area contributed by atoms with Gasteiger partial charge in [0, 0.05) is 12.5 Å². The van der Waals surface area contributed by atoms with Crippen molar-refractivity contribution in [1.82, 2.24) is 4.90 Å². The highest BCUT2D eigenvalue weighted by molar-refractivity contribution is 5.69. The molecule has 182 valence electrons. The number of hydrogen-bond donors (Lipinski definition) is 0. The molecular formula is C23H31F6NO2. The van der Waals surface area contributed by atoms with Crippen molar-refractivity contribution >= 4 is 6.09 Å². The molecule has 0 bridgehead atoms. The molecule has 0 N–H and O–H groups in total. The summed E-state index contributed by atoms with van der Waals surface area (Å²) in [6.45, 7) is 3.96. The molecule has 0 saturated carbocycles. The van der Waals surface area contributed by atoms with E-state index in [1.165, 1.54) is 4.90 Å². The van der Waals surface area contributed by atoms with E-state index in [-0.39, 0.29) is 30.7 Å². The molecule has 0 aliphatic carbocycles.